The fraction of sp³-hybridized carbons (Fsp3) is 0.269. The van der Waals surface area contributed by atoms with E-state index in [1.54, 1.807) is 0 Å². The number of pyridine rings is 1. The third-order valence-corrected chi connectivity index (χ3v) is 6.61. The molecule has 7 heteroatoms. The van der Waals surface area contributed by atoms with Crippen molar-refractivity contribution in [1.82, 2.24) is 20.1 Å². The fourth-order valence-electron chi connectivity index (χ4n) is 4.93. The fourth-order valence-corrected chi connectivity index (χ4v) is 4.93. The molecule has 1 amide bonds. The van der Waals surface area contributed by atoms with E-state index in [1.807, 2.05) is 59.1 Å². The number of benzene rings is 2. The SMILES string of the molecule is Cc1cc(C(=O)N2CCc3cc4ccnc(N5CCNCC5)c4cc32)nn1-c1ccccc1. The van der Waals surface area contributed by atoms with Gasteiger partial charge in [-0.05, 0) is 60.7 Å². The molecule has 33 heavy (non-hydrogen) atoms. The number of piperazine rings is 1. The number of anilines is 2. The second kappa shape index (κ2) is 8.01. The zero-order chi connectivity index (χ0) is 22.4. The third kappa shape index (κ3) is 3.45. The highest BCUT2D eigenvalue weighted by atomic mass is 16.2. The van der Waals surface area contributed by atoms with Crippen molar-refractivity contribution in [2.75, 3.05) is 42.5 Å². The molecule has 1 saturated heterocycles. The van der Waals surface area contributed by atoms with E-state index in [4.69, 9.17) is 4.98 Å². The monoisotopic (exact) mass is 438 g/mol. The van der Waals surface area contributed by atoms with Crippen molar-refractivity contribution < 1.29 is 4.79 Å². The second-order valence-electron chi connectivity index (χ2n) is 8.70. The molecule has 166 valence electrons. The number of nitrogens with zero attached hydrogens (tertiary/aromatic N) is 5. The van der Waals surface area contributed by atoms with Crippen LogP contribution in [0.2, 0.25) is 0 Å². The van der Waals surface area contributed by atoms with E-state index in [9.17, 15) is 4.79 Å². The van der Waals surface area contributed by atoms with Gasteiger partial charge in [0, 0.05) is 55.7 Å². The molecule has 2 aromatic heterocycles. The van der Waals surface area contributed by atoms with Crippen molar-refractivity contribution in [3.63, 3.8) is 0 Å². The maximum Gasteiger partial charge on any atom is 0.278 e. The maximum absolute atomic E-state index is 13.5. The van der Waals surface area contributed by atoms with Gasteiger partial charge in [-0.3, -0.25) is 4.79 Å². The summed E-state index contributed by atoms with van der Waals surface area (Å²) in [7, 11) is 0. The lowest BCUT2D eigenvalue weighted by molar-refractivity contribution is 0.0984. The summed E-state index contributed by atoms with van der Waals surface area (Å²) in [6.45, 7) is 6.42. The summed E-state index contributed by atoms with van der Waals surface area (Å²) in [5, 5.41) is 10.3. The van der Waals surface area contributed by atoms with E-state index in [0.717, 1.165) is 60.9 Å². The van der Waals surface area contributed by atoms with Gasteiger partial charge in [0.2, 0.25) is 0 Å². The van der Waals surface area contributed by atoms with Crippen LogP contribution in [0.3, 0.4) is 0 Å². The highest BCUT2D eigenvalue weighted by Gasteiger charge is 2.29. The summed E-state index contributed by atoms with van der Waals surface area (Å²) in [6, 6.07) is 18.2. The van der Waals surface area contributed by atoms with Crippen LogP contribution in [0.1, 0.15) is 21.7 Å². The predicted molar refractivity (Wildman–Crippen MR) is 131 cm³/mol. The number of hydrogen-bond donors (Lipinski definition) is 1. The number of amides is 1. The molecule has 0 radical (unpaired) electrons. The highest BCUT2D eigenvalue weighted by Crippen LogP contribution is 2.36. The number of nitrogens with one attached hydrogen (secondary N) is 1. The lowest BCUT2D eigenvalue weighted by atomic mass is 10.1. The Morgan fingerprint density at radius 1 is 1.00 bits per heavy atom. The number of carbonyl (C=O) groups is 1. The van der Waals surface area contributed by atoms with Crippen molar-refractivity contribution in [2.45, 2.75) is 13.3 Å². The van der Waals surface area contributed by atoms with Gasteiger partial charge in [-0.2, -0.15) is 5.10 Å². The average molecular weight is 439 g/mol. The molecule has 2 aromatic carbocycles. The first-order valence-electron chi connectivity index (χ1n) is 11.5. The van der Waals surface area contributed by atoms with E-state index in [0.29, 0.717) is 12.2 Å². The van der Waals surface area contributed by atoms with Crippen molar-refractivity contribution in [3.8, 4) is 5.69 Å². The standard InChI is InChI=1S/C26H26N6O/c1-18-15-23(29-32(18)21-5-3-2-4-6-21)26(33)31-12-8-20-16-19-7-9-28-25(22(19)17-24(20)31)30-13-10-27-11-14-30/h2-7,9,15-17,27H,8,10-14H2,1H3. The number of carbonyl (C=O) groups excluding carboxylic acids is 1. The van der Waals surface area contributed by atoms with Crippen molar-refractivity contribution in [1.29, 1.82) is 0 Å². The maximum atomic E-state index is 13.5. The van der Waals surface area contributed by atoms with E-state index in [2.05, 4.69) is 33.5 Å². The Kier molecular flexibility index (Phi) is 4.84. The van der Waals surface area contributed by atoms with Crippen molar-refractivity contribution in [2.24, 2.45) is 0 Å². The molecular formula is C26H26N6O. The molecule has 4 aromatic rings. The van der Waals surface area contributed by atoms with Crippen molar-refractivity contribution >= 4 is 28.2 Å². The Hall–Kier alpha value is -3.71. The molecule has 6 rings (SSSR count). The van der Waals surface area contributed by atoms with Gasteiger partial charge in [0.15, 0.2) is 5.69 Å². The van der Waals surface area contributed by atoms with E-state index in [-0.39, 0.29) is 5.91 Å². The van der Waals surface area contributed by atoms with E-state index in [1.165, 1.54) is 10.9 Å². The summed E-state index contributed by atoms with van der Waals surface area (Å²) >= 11 is 0. The highest BCUT2D eigenvalue weighted by molar-refractivity contribution is 6.08. The van der Waals surface area contributed by atoms with E-state index < -0.39 is 0 Å². The molecule has 0 spiro atoms. The Morgan fingerprint density at radius 3 is 2.64 bits per heavy atom. The molecule has 1 fully saturated rings. The van der Waals surface area contributed by atoms with Crippen LogP contribution in [-0.2, 0) is 6.42 Å². The van der Waals surface area contributed by atoms with Gasteiger partial charge in [-0.15, -0.1) is 0 Å². The van der Waals surface area contributed by atoms with Crippen LogP contribution in [0.5, 0.6) is 0 Å². The largest absolute Gasteiger partial charge is 0.354 e. The zero-order valence-electron chi connectivity index (χ0n) is 18.7. The second-order valence-corrected chi connectivity index (χ2v) is 8.70. The van der Waals surface area contributed by atoms with Gasteiger partial charge >= 0.3 is 0 Å². The molecule has 2 aliphatic heterocycles. The number of aryl methyl sites for hydroxylation is 1. The number of aromatic nitrogens is 3. The van der Waals surface area contributed by atoms with Gasteiger partial charge in [0.05, 0.1) is 5.69 Å². The molecule has 0 saturated carbocycles. The van der Waals surface area contributed by atoms with Gasteiger partial charge < -0.3 is 15.1 Å². The molecule has 0 aliphatic carbocycles. The third-order valence-electron chi connectivity index (χ3n) is 6.61. The van der Waals surface area contributed by atoms with Crippen LogP contribution in [-0.4, -0.2) is 53.4 Å². The number of hydrogen-bond acceptors (Lipinski definition) is 5. The first-order chi connectivity index (χ1) is 16.2. The lowest BCUT2D eigenvalue weighted by Gasteiger charge is -2.29. The summed E-state index contributed by atoms with van der Waals surface area (Å²) < 4.78 is 1.83. The molecule has 4 heterocycles. The normalized spacial score (nSPS) is 15.8. The molecule has 2 aliphatic rings. The van der Waals surface area contributed by atoms with Crippen LogP contribution >= 0.6 is 0 Å². The number of rotatable bonds is 3. The van der Waals surface area contributed by atoms with Crippen LogP contribution in [0.15, 0.2) is 60.8 Å². The van der Waals surface area contributed by atoms with Gasteiger partial charge in [0.1, 0.15) is 5.82 Å². The van der Waals surface area contributed by atoms with Crippen LogP contribution in [0.4, 0.5) is 11.5 Å². The Balaban J connectivity index is 1.37. The molecule has 0 unspecified atom stereocenters. The van der Waals surface area contributed by atoms with Gasteiger partial charge in [-0.1, -0.05) is 18.2 Å². The first-order valence-corrected chi connectivity index (χ1v) is 11.5. The quantitative estimate of drug-likeness (QED) is 0.532. The Bertz CT molecular complexity index is 1340. The lowest BCUT2D eigenvalue weighted by Crippen LogP contribution is -2.44. The summed E-state index contributed by atoms with van der Waals surface area (Å²) in [6.07, 6.45) is 2.74. The van der Waals surface area contributed by atoms with Crippen molar-refractivity contribution in [3.05, 3.63) is 77.7 Å². The Morgan fingerprint density at radius 2 is 1.82 bits per heavy atom. The smallest absolute Gasteiger partial charge is 0.278 e. The minimum Gasteiger partial charge on any atom is -0.354 e. The number of fused-ring (bicyclic) bond motifs is 2. The van der Waals surface area contributed by atoms with Crippen LogP contribution in [0, 0.1) is 6.92 Å². The van der Waals surface area contributed by atoms with Crippen LogP contribution in [0.25, 0.3) is 16.5 Å². The first kappa shape index (κ1) is 19.9. The summed E-state index contributed by atoms with van der Waals surface area (Å²) in [4.78, 5) is 22.5. The van der Waals surface area contributed by atoms with Gasteiger partial charge in [0.25, 0.3) is 5.91 Å². The summed E-state index contributed by atoms with van der Waals surface area (Å²) in [5.74, 6) is 0.943. The van der Waals surface area contributed by atoms with E-state index >= 15 is 0 Å². The Labute approximate surface area is 192 Å². The van der Waals surface area contributed by atoms with Crippen LogP contribution < -0.4 is 15.1 Å². The zero-order valence-corrected chi connectivity index (χ0v) is 18.7. The molecule has 0 atom stereocenters. The predicted octanol–water partition coefficient (Wildman–Crippen LogP) is 3.34. The molecule has 0 bridgehead atoms. The topological polar surface area (TPSA) is 66.3 Å². The molecular weight excluding hydrogens is 412 g/mol. The van der Waals surface area contributed by atoms with Gasteiger partial charge in [-0.25, -0.2) is 9.67 Å². The molecule has 7 nitrogen and oxygen atoms in total. The average Bonchev–Trinajstić information content (AvgIpc) is 3.46. The number of para-hydroxylation sites is 1. The molecule has 1 N–H and O–H groups in total. The minimum atomic E-state index is -0.0570. The minimum absolute atomic E-state index is 0.0570. The summed E-state index contributed by atoms with van der Waals surface area (Å²) in [5.41, 5.74) is 4.54.